The van der Waals surface area contributed by atoms with Crippen molar-refractivity contribution in [3.05, 3.63) is 96.1 Å². The van der Waals surface area contributed by atoms with Crippen LogP contribution in [0.25, 0.3) is 27.6 Å². The van der Waals surface area contributed by atoms with Crippen LogP contribution < -0.4 is 10.2 Å². The van der Waals surface area contributed by atoms with Gasteiger partial charge in [0.1, 0.15) is 5.57 Å². The van der Waals surface area contributed by atoms with Gasteiger partial charge in [-0.15, -0.1) is 0 Å². The summed E-state index contributed by atoms with van der Waals surface area (Å²) in [6, 6.07) is 25.5. The smallest absolute Gasteiger partial charge is 0.273 e. The first-order valence-corrected chi connectivity index (χ1v) is 9.50. The third-order valence-electron chi connectivity index (χ3n) is 5.22. The van der Waals surface area contributed by atoms with Gasteiger partial charge in [-0.05, 0) is 51.4 Å². The summed E-state index contributed by atoms with van der Waals surface area (Å²) in [4.78, 5) is 39.2. The molecule has 0 spiro atoms. The van der Waals surface area contributed by atoms with Gasteiger partial charge in [0.25, 0.3) is 11.8 Å². The fraction of sp³-hybridized carbons (Fsp3) is 0. The molecule has 0 radical (unpaired) electrons. The van der Waals surface area contributed by atoms with E-state index in [0.29, 0.717) is 5.69 Å². The van der Waals surface area contributed by atoms with Crippen LogP contribution in [0.1, 0.15) is 5.56 Å². The molecule has 30 heavy (non-hydrogen) atoms. The van der Waals surface area contributed by atoms with Gasteiger partial charge >= 0.3 is 6.03 Å². The van der Waals surface area contributed by atoms with Gasteiger partial charge in [-0.1, -0.05) is 66.7 Å². The van der Waals surface area contributed by atoms with Crippen molar-refractivity contribution in [3.8, 4) is 0 Å². The van der Waals surface area contributed by atoms with Crippen LogP contribution in [0.2, 0.25) is 0 Å². The number of barbiturate groups is 1. The van der Waals surface area contributed by atoms with E-state index in [2.05, 4.69) is 11.4 Å². The first-order valence-electron chi connectivity index (χ1n) is 9.50. The lowest BCUT2D eigenvalue weighted by Gasteiger charge is -2.26. The van der Waals surface area contributed by atoms with E-state index in [1.807, 2.05) is 48.5 Å². The lowest BCUT2D eigenvalue weighted by atomic mass is 9.94. The van der Waals surface area contributed by atoms with Crippen LogP contribution in [0.4, 0.5) is 10.5 Å². The topological polar surface area (TPSA) is 66.5 Å². The Kier molecular flexibility index (Phi) is 4.14. The van der Waals surface area contributed by atoms with Crippen molar-refractivity contribution in [2.75, 3.05) is 4.90 Å². The third kappa shape index (κ3) is 2.84. The van der Waals surface area contributed by atoms with Crippen LogP contribution in [-0.2, 0) is 9.59 Å². The molecule has 144 valence electrons. The molecule has 0 bridgehead atoms. The van der Waals surface area contributed by atoms with Gasteiger partial charge in [0.2, 0.25) is 0 Å². The van der Waals surface area contributed by atoms with E-state index in [1.54, 1.807) is 36.4 Å². The molecule has 4 aromatic carbocycles. The monoisotopic (exact) mass is 392 g/mol. The number of carbonyl (C=O) groups excluding carboxylic acids is 3. The number of para-hydroxylation sites is 1. The summed E-state index contributed by atoms with van der Waals surface area (Å²) >= 11 is 0. The number of nitrogens with zero attached hydrogens (tertiary/aromatic N) is 1. The molecule has 5 rings (SSSR count). The Labute approximate surface area is 172 Å². The van der Waals surface area contributed by atoms with E-state index in [9.17, 15) is 14.4 Å². The van der Waals surface area contributed by atoms with Crippen LogP contribution in [0.3, 0.4) is 0 Å². The maximum Gasteiger partial charge on any atom is 0.335 e. The van der Waals surface area contributed by atoms with Gasteiger partial charge in [0.15, 0.2) is 0 Å². The largest absolute Gasteiger partial charge is 0.335 e. The minimum Gasteiger partial charge on any atom is -0.273 e. The van der Waals surface area contributed by atoms with Gasteiger partial charge in [-0.25, -0.2) is 9.69 Å². The highest BCUT2D eigenvalue weighted by molar-refractivity contribution is 6.39. The average Bonchev–Trinajstić information content (AvgIpc) is 2.76. The predicted octanol–water partition coefficient (Wildman–Crippen LogP) is 4.66. The minimum atomic E-state index is -0.754. The number of fused-ring (bicyclic) bond motifs is 2. The molecule has 0 aliphatic carbocycles. The molecule has 5 nitrogen and oxygen atoms in total. The van der Waals surface area contributed by atoms with Gasteiger partial charge in [-0.2, -0.15) is 0 Å². The van der Waals surface area contributed by atoms with Crippen LogP contribution in [0.5, 0.6) is 0 Å². The maximum atomic E-state index is 13.2. The number of urea groups is 1. The summed E-state index contributed by atoms with van der Waals surface area (Å²) in [5.74, 6) is -1.35. The summed E-state index contributed by atoms with van der Waals surface area (Å²) in [7, 11) is 0. The third-order valence-corrected chi connectivity index (χ3v) is 5.22. The van der Waals surface area contributed by atoms with Crippen molar-refractivity contribution in [1.82, 2.24) is 5.32 Å². The minimum absolute atomic E-state index is 0.0834. The van der Waals surface area contributed by atoms with E-state index in [0.717, 1.165) is 32.0 Å². The molecule has 1 aliphatic heterocycles. The second-order valence-corrected chi connectivity index (χ2v) is 7.03. The summed E-state index contributed by atoms with van der Waals surface area (Å²) in [6.07, 6.45) is 1.59. The van der Waals surface area contributed by atoms with Crippen LogP contribution in [-0.4, -0.2) is 17.8 Å². The number of amides is 4. The van der Waals surface area contributed by atoms with E-state index < -0.39 is 17.8 Å². The number of rotatable bonds is 2. The van der Waals surface area contributed by atoms with E-state index in [4.69, 9.17) is 0 Å². The Morgan fingerprint density at radius 3 is 1.90 bits per heavy atom. The lowest BCUT2D eigenvalue weighted by Crippen LogP contribution is -2.54. The van der Waals surface area contributed by atoms with E-state index in [-0.39, 0.29) is 5.57 Å². The SMILES string of the molecule is O=C1NC(=O)N(c2ccccc2)C(=O)/C1=C\c1c2ccccc2cc2ccccc12. The van der Waals surface area contributed by atoms with Crippen molar-refractivity contribution in [1.29, 1.82) is 0 Å². The molecule has 0 saturated carbocycles. The molecule has 1 heterocycles. The second kappa shape index (κ2) is 6.97. The quantitative estimate of drug-likeness (QED) is 0.307. The summed E-state index contributed by atoms with van der Waals surface area (Å²) < 4.78 is 0. The molecule has 5 heteroatoms. The highest BCUT2D eigenvalue weighted by Crippen LogP contribution is 2.31. The number of carbonyl (C=O) groups is 3. The molecular formula is C25H16N2O3. The lowest BCUT2D eigenvalue weighted by molar-refractivity contribution is -0.122. The number of nitrogens with one attached hydrogen (secondary N) is 1. The Hall–Kier alpha value is -4.25. The van der Waals surface area contributed by atoms with Gasteiger partial charge in [0, 0.05) is 0 Å². The Balaban J connectivity index is 1.74. The summed E-state index contributed by atoms with van der Waals surface area (Å²) in [5, 5.41) is 6.14. The number of hydrogen-bond donors (Lipinski definition) is 1. The Bertz CT molecular complexity index is 1320. The molecular weight excluding hydrogens is 376 g/mol. The van der Waals surface area contributed by atoms with Gasteiger partial charge < -0.3 is 0 Å². The van der Waals surface area contributed by atoms with Crippen molar-refractivity contribution in [2.24, 2.45) is 0 Å². The number of imide groups is 2. The maximum absolute atomic E-state index is 13.2. The fourth-order valence-electron chi connectivity index (χ4n) is 3.82. The van der Waals surface area contributed by atoms with Crippen molar-refractivity contribution in [2.45, 2.75) is 0 Å². The molecule has 0 unspecified atom stereocenters. The number of benzene rings is 4. The van der Waals surface area contributed by atoms with Crippen molar-refractivity contribution < 1.29 is 14.4 Å². The van der Waals surface area contributed by atoms with Crippen LogP contribution in [0, 0.1) is 0 Å². The van der Waals surface area contributed by atoms with Crippen molar-refractivity contribution >= 4 is 51.2 Å². The zero-order valence-corrected chi connectivity index (χ0v) is 15.8. The zero-order chi connectivity index (χ0) is 20.7. The predicted molar refractivity (Wildman–Crippen MR) is 117 cm³/mol. The molecule has 4 aromatic rings. The molecule has 0 aromatic heterocycles. The Morgan fingerprint density at radius 1 is 0.700 bits per heavy atom. The molecule has 0 atom stereocenters. The summed E-state index contributed by atoms with van der Waals surface area (Å²) in [5.41, 5.74) is 1.09. The fourth-order valence-corrected chi connectivity index (χ4v) is 3.82. The van der Waals surface area contributed by atoms with Crippen LogP contribution in [0.15, 0.2) is 90.5 Å². The number of anilines is 1. The highest BCUT2D eigenvalue weighted by atomic mass is 16.2. The molecule has 4 amide bonds. The first-order chi connectivity index (χ1) is 14.6. The molecule has 1 saturated heterocycles. The molecule has 1 aliphatic rings. The highest BCUT2D eigenvalue weighted by Gasteiger charge is 2.36. The zero-order valence-electron chi connectivity index (χ0n) is 15.8. The van der Waals surface area contributed by atoms with E-state index >= 15 is 0 Å². The summed E-state index contributed by atoms with van der Waals surface area (Å²) in [6.45, 7) is 0. The second-order valence-electron chi connectivity index (χ2n) is 7.03. The molecule has 1 fully saturated rings. The normalized spacial score (nSPS) is 15.8. The van der Waals surface area contributed by atoms with Crippen molar-refractivity contribution in [3.63, 3.8) is 0 Å². The Morgan fingerprint density at radius 2 is 1.27 bits per heavy atom. The van der Waals surface area contributed by atoms with Gasteiger partial charge in [0.05, 0.1) is 5.69 Å². The van der Waals surface area contributed by atoms with Gasteiger partial charge in [-0.3, -0.25) is 14.9 Å². The van der Waals surface area contributed by atoms with Crippen LogP contribution >= 0.6 is 0 Å². The standard InChI is InChI=1S/C25H16N2O3/c28-23-22(24(29)27(25(30)26-23)18-10-2-1-3-11-18)15-21-19-12-6-4-8-16(19)14-17-9-5-7-13-20(17)21/h1-15H,(H,26,28,30)/b22-15-. The molecule has 1 N–H and O–H groups in total. The number of hydrogen-bond acceptors (Lipinski definition) is 3. The average molecular weight is 392 g/mol. The van der Waals surface area contributed by atoms with E-state index in [1.165, 1.54) is 0 Å². The first kappa shape index (κ1) is 17.8.